The molecule has 0 aliphatic heterocycles. The van der Waals surface area contributed by atoms with Crippen LogP contribution in [0.25, 0.3) is 22.9 Å². The Bertz CT molecular complexity index is 615. The van der Waals surface area contributed by atoms with Crippen molar-refractivity contribution in [3.8, 4) is 0 Å². The fraction of sp³-hybridized carbons (Fsp3) is 0.250. The predicted molar refractivity (Wildman–Crippen MR) is 70.8 cm³/mol. The zero-order valence-electron chi connectivity index (χ0n) is 9.88. The van der Waals surface area contributed by atoms with Gasteiger partial charge in [-0.25, -0.2) is 0 Å². The summed E-state index contributed by atoms with van der Waals surface area (Å²) in [6.07, 6.45) is 7.16. The van der Waals surface area contributed by atoms with Gasteiger partial charge in [0.1, 0.15) is 0 Å². The van der Waals surface area contributed by atoms with Crippen LogP contribution in [0.2, 0.25) is 0 Å². The van der Waals surface area contributed by atoms with Crippen molar-refractivity contribution in [3.63, 3.8) is 0 Å². The standard InChI is InChI=1S/C16H16/c1-11-13-7-3-5-9-15(13)12(2)16-10-6-4-8-14(11)16/h3,5,7-10H,4,6H2,1-2H3. The van der Waals surface area contributed by atoms with Crippen molar-refractivity contribution in [2.45, 2.75) is 26.7 Å². The van der Waals surface area contributed by atoms with Gasteiger partial charge in [-0.05, 0) is 59.0 Å². The Labute approximate surface area is 95.9 Å². The van der Waals surface area contributed by atoms with Crippen LogP contribution in [0.15, 0.2) is 24.3 Å². The Morgan fingerprint density at radius 1 is 0.750 bits per heavy atom. The second kappa shape index (κ2) is 3.48. The first kappa shape index (κ1) is 9.65. The summed E-state index contributed by atoms with van der Waals surface area (Å²) in [4.78, 5) is 0. The van der Waals surface area contributed by atoms with E-state index in [2.05, 4.69) is 50.3 Å². The maximum atomic E-state index is 2.39. The summed E-state index contributed by atoms with van der Waals surface area (Å²) in [5.41, 5.74) is 2.87. The SMILES string of the molecule is Cc1c2c(c(C)c3ccccc13)=CCCC=2. The lowest BCUT2D eigenvalue weighted by molar-refractivity contribution is 1.10. The van der Waals surface area contributed by atoms with Crippen LogP contribution in [0.3, 0.4) is 0 Å². The molecule has 0 heteroatoms. The molecule has 0 atom stereocenters. The fourth-order valence-corrected chi connectivity index (χ4v) is 2.81. The molecule has 0 radical (unpaired) electrons. The first-order valence-corrected chi connectivity index (χ1v) is 5.97. The zero-order valence-corrected chi connectivity index (χ0v) is 9.88. The van der Waals surface area contributed by atoms with Crippen LogP contribution in [-0.4, -0.2) is 0 Å². The second-order valence-corrected chi connectivity index (χ2v) is 4.61. The highest BCUT2D eigenvalue weighted by atomic mass is 14.1. The second-order valence-electron chi connectivity index (χ2n) is 4.61. The largest absolute Gasteiger partial charge is 0.0761 e. The summed E-state index contributed by atoms with van der Waals surface area (Å²) in [7, 11) is 0. The van der Waals surface area contributed by atoms with E-state index in [0.717, 1.165) is 0 Å². The van der Waals surface area contributed by atoms with E-state index in [4.69, 9.17) is 0 Å². The molecule has 0 unspecified atom stereocenters. The molecule has 3 rings (SSSR count). The predicted octanol–water partition coefficient (Wildman–Crippen LogP) is 2.81. The number of rotatable bonds is 0. The van der Waals surface area contributed by atoms with Crippen molar-refractivity contribution in [2.75, 3.05) is 0 Å². The molecule has 0 nitrogen and oxygen atoms in total. The summed E-state index contributed by atoms with van der Waals surface area (Å²) < 4.78 is 0. The lowest BCUT2D eigenvalue weighted by atomic mass is 9.93. The summed E-state index contributed by atoms with van der Waals surface area (Å²) >= 11 is 0. The third-order valence-electron chi connectivity index (χ3n) is 3.70. The zero-order chi connectivity index (χ0) is 11.1. The molecule has 16 heavy (non-hydrogen) atoms. The van der Waals surface area contributed by atoms with Crippen LogP contribution < -0.4 is 10.4 Å². The van der Waals surface area contributed by atoms with Crippen LogP contribution in [0.1, 0.15) is 24.0 Å². The molecule has 80 valence electrons. The molecule has 0 spiro atoms. The van der Waals surface area contributed by atoms with E-state index < -0.39 is 0 Å². The van der Waals surface area contributed by atoms with Gasteiger partial charge in [0.25, 0.3) is 0 Å². The monoisotopic (exact) mass is 208 g/mol. The van der Waals surface area contributed by atoms with Gasteiger partial charge in [0, 0.05) is 0 Å². The molecule has 0 saturated heterocycles. The van der Waals surface area contributed by atoms with Crippen LogP contribution in [0.4, 0.5) is 0 Å². The van der Waals surface area contributed by atoms with Crippen molar-refractivity contribution in [2.24, 2.45) is 0 Å². The number of hydrogen-bond donors (Lipinski definition) is 0. The van der Waals surface area contributed by atoms with Crippen LogP contribution in [0.5, 0.6) is 0 Å². The molecule has 1 aliphatic carbocycles. The maximum absolute atomic E-state index is 2.39. The van der Waals surface area contributed by atoms with Crippen molar-refractivity contribution in [3.05, 3.63) is 45.8 Å². The molecule has 1 aliphatic rings. The first-order chi connectivity index (χ1) is 7.79. The fourth-order valence-electron chi connectivity index (χ4n) is 2.81. The minimum atomic E-state index is 1.19. The topological polar surface area (TPSA) is 0 Å². The lowest BCUT2D eigenvalue weighted by Crippen LogP contribution is -2.32. The average molecular weight is 208 g/mol. The van der Waals surface area contributed by atoms with Gasteiger partial charge in [-0.2, -0.15) is 0 Å². The van der Waals surface area contributed by atoms with E-state index in [1.54, 1.807) is 0 Å². The van der Waals surface area contributed by atoms with Crippen molar-refractivity contribution in [1.29, 1.82) is 0 Å². The summed E-state index contributed by atoms with van der Waals surface area (Å²) in [5, 5.41) is 5.74. The van der Waals surface area contributed by atoms with E-state index >= 15 is 0 Å². The van der Waals surface area contributed by atoms with Crippen LogP contribution in [-0.2, 0) is 0 Å². The molecule has 0 saturated carbocycles. The number of aryl methyl sites for hydroxylation is 2. The van der Waals surface area contributed by atoms with Crippen LogP contribution in [0, 0.1) is 13.8 Å². The molecule has 0 heterocycles. The molecule has 0 aromatic heterocycles. The number of hydrogen-bond acceptors (Lipinski definition) is 0. The van der Waals surface area contributed by atoms with E-state index in [0.29, 0.717) is 0 Å². The van der Waals surface area contributed by atoms with Gasteiger partial charge < -0.3 is 0 Å². The minimum absolute atomic E-state index is 1.19. The van der Waals surface area contributed by atoms with Crippen molar-refractivity contribution >= 4 is 22.9 Å². The highest BCUT2D eigenvalue weighted by Gasteiger charge is 2.06. The Balaban J connectivity index is 2.66. The average Bonchev–Trinajstić information content (AvgIpc) is 2.36. The number of benzene rings is 2. The Morgan fingerprint density at radius 2 is 1.19 bits per heavy atom. The van der Waals surface area contributed by atoms with Gasteiger partial charge in [-0.15, -0.1) is 0 Å². The van der Waals surface area contributed by atoms with E-state index in [1.165, 1.54) is 45.2 Å². The molecular formula is C16H16. The third kappa shape index (κ3) is 1.23. The first-order valence-electron chi connectivity index (χ1n) is 5.97. The number of fused-ring (bicyclic) bond motifs is 2. The highest BCUT2D eigenvalue weighted by Crippen LogP contribution is 2.17. The van der Waals surface area contributed by atoms with Gasteiger partial charge in [0.2, 0.25) is 0 Å². The van der Waals surface area contributed by atoms with E-state index in [1.807, 2.05) is 0 Å². The normalized spacial score (nSPS) is 14.1. The molecule has 0 amide bonds. The van der Waals surface area contributed by atoms with Crippen molar-refractivity contribution in [1.82, 2.24) is 0 Å². The Kier molecular flexibility index (Phi) is 2.10. The van der Waals surface area contributed by atoms with Gasteiger partial charge in [-0.3, -0.25) is 0 Å². The molecule has 2 aromatic carbocycles. The van der Waals surface area contributed by atoms with Gasteiger partial charge >= 0.3 is 0 Å². The Morgan fingerprint density at radius 3 is 1.62 bits per heavy atom. The molecule has 2 aromatic rings. The summed E-state index contributed by atoms with van der Waals surface area (Å²) in [5.74, 6) is 0. The Hall–Kier alpha value is -1.56. The highest BCUT2D eigenvalue weighted by molar-refractivity contribution is 5.89. The quantitative estimate of drug-likeness (QED) is 0.624. The molecular weight excluding hydrogens is 192 g/mol. The van der Waals surface area contributed by atoms with Gasteiger partial charge in [0.05, 0.1) is 0 Å². The summed E-state index contributed by atoms with van der Waals surface area (Å²) in [6.45, 7) is 4.49. The molecule has 0 fully saturated rings. The van der Waals surface area contributed by atoms with E-state index in [9.17, 15) is 0 Å². The smallest absolute Gasteiger partial charge is 0.0146 e. The maximum Gasteiger partial charge on any atom is -0.0146 e. The molecule has 0 bridgehead atoms. The van der Waals surface area contributed by atoms with E-state index in [-0.39, 0.29) is 0 Å². The van der Waals surface area contributed by atoms with Gasteiger partial charge in [0.15, 0.2) is 0 Å². The van der Waals surface area contributed by atoms with Gasteiger partial charge in [-0.1, -0.05) is 36.4 Å². The minimum Gasteiger partial charge on any atom is -0.0761 e. The lowest BCUT2D eigenvalue weighted by Gasteiger charge is -2.11. The molecule has 0 N–H and O–H groups in total. The summed E-state index contributed by atoms with van der Waals surface area (Å²) in [6, 6.07) is 8.74. The van der Waals surface area contributed by atoms with Crippen molar-refractivity contribution < 1.29 is 0 Å². The van der Waals surface area contributed by atoms with Crippen LogP contribution >= 0.6 is 0 Å². The third-order valence-corrected chi connectivity index (χ3v) is 3.70.